The minimum absolute atomic E-state index is 0.233. The normalized spacial score (nSPS) is 15.7. The maximum absolute atomic E-state index is 12.0. The summed E-state index contributed by atoms with van der Waals surface area (Å²) in [5, 5.41) is 5.35. The Labute approximate surface area is 144 Å². The van der Waals surface area contributed by atoms with Gasteiger partial charge in [-0.05, 0) is 25.3 Å². The highest BCUT2D eigenvalue weighted by molar-refractivity contribution is 7.17. The number of nitrogens with one attached hydrogen (secondary N) is 2. The largest absolute Gasteiger partial charge is 0.370 e. The smallest absolute Gasteiger partial charge is 0.314 e. The summed E-state index contributed by atoms with van der Waals surface area (Å²) < 4.78 is 5.72. The van der Waals surface area contributed by atoms with Crippen molar-refractivity contribution in [1.82, 2.24) is 5.32 Å². The highest BCUT2D eigenvalue weighted by Crippen LogP contribution is 2.40. The van der Waals surface area contributed by atoms with Crippen molar-refractivity contribution in [3.8, 4) is 0 Å². The minimum Gasteiger partial charge on any atom is -0.370 e. The summed E-state index contributed by atoms with van der Waals surface area (Å²) in [6, 6.07) is 0. The molecule has 1 aliphatic rings. The molecule has 0 saturated carbocycles. The third kappa shape index (κ3) is 4.12. The Morgan fingerprint density at radius 3 is 2.54 bits per heavy atom. The zero-order valence-corrected chi connectivity index (χ0v) is 15.1. The topological polar surface area (TPSA) is 111 Å². The lowest BCUT2D eigenvalue weighted by molar-refractivity contribution is -0.136. The van der Waals surface area contributed by atoms with Crippen LogP contribution in [0.15, 0.2) is 0 Å². The van der Waals surface area contributed by atoms with Crippen LogP contribution in [0.4, 0.5) is 5.00 Å². The van der Waals surface area contributed by atoms with Crippen molar-refractivity contribution in [3.63, 3.8) is 0 Å². The number of carbonyl (C=O) groups excluding carboxylic acids is 3. The monoisotopic (exact) mass is 353 g/mol. The summed E-state index contributed by atoms with van der Waals surface area (Å²) in [5.74, 6) is -1.93. The van der Waals surface area contributed by atoms with Crippen LogP contribution in [0, 0.1) is 5.92 Å². The third-order valence-corrected chi connectivity index (χ3v) is 4.76. The number of fused-ring (bicyclic) bond motifs is 1. The fourth-order valence-electron chi connectivity index (χ4n) is 2.44. The van der Waals surface area contributed by atoms with E-state index in [2.05, 4.69) is 10.6 Å². The molecule has 1 aliphatic heterocycles. The molecule has 0 radical (unpaired) electrons. The lowest BCUT2D eigenvalue weighted by Gasteiger charge is -2.30. The third-order valence-electron chi connectivity index (χ3n) is 3.64. The summed E-state index contributed by atoms with van der Waals surface area (Å²) in [6.45, 7) is 8.46. The first-order chi connectivity index (χ1) is 11.1. The standard InChI is InChI=1S/C16H23N3O4S/c1-8(2)6-18-13(21)14(22)19-15-11(12(17)20)9-5-16(3,4)23-7-10(9)24-15/h8H,5-7H2,1-4H3,(H2,17,20)(H,18,21)(H,19,22). The Kier molecular flexibility index (Phi) is 5.29. The minimum atomic E-state index is -0.808. The number of anilines is 1. The Morgan fingerprint density at radius 1 is 1.29 bits per heavy atom. The zero-order valence-electron chi connectivity index (χ0n) is 14.3. The molecule has 0 saturated heterocycles. The fraction of sp³-hybridized carbons (Fsp3) is 0.562. The molecule has 0 bridgehead atoms. The maximum atomic E-state index is 12.0. The Hall–Kier alpha value is -1.93. The molecule has 24 heavy (non-hydrogen) atoms. The molecule has 0 atom stereocenters. The predicted molar refractivity (Wildman–Crippen MR) is 91.9 cm³/mol. The van der Waals surface area contributed by atoms with Gasteiger partial charge in [0.2, 0.25) is 0 Å². The van der Waals surface area contributed by atoms with Gasteiger partial charge in [-0.1, -0.05) is 13.8 Å². The van der Waals surface area contributed by atoms with Crippen molar-refractivity contribution in [2.24, 2.45) is 11.7 Å². The first-order valence-electron chi connectivity index (χ1n) is 7.78. The fourth-order valence-corrected chi connectivity index (χ4v) is 3.57. The maximum Gasteiger partial charge on any atom is 0.314 e. The number of carbonyl (C=O) groups is 3. The molecule has 0 aliphatic carbocycles. The van der Waals surface area contributed by atoms with Crippen molar-refractivity contribution in [2.45, 2.75) is 46.3 Å². The summed E-state index contributed by atoms with van der Waals surface area (Å²) in [7, 11) is 0. The van der Waals surface area contributed by atoms with Crippen LogP contribution >= 0.6 is 11.3 Å². The second-order valence-electron chi connectivity index (χ2n) is 6.86. The first kappa shape index (κ1) is 18.4. The molecule has 2 heterocycles. The van der Waals surface area contributed by atoms with Gasteiger partial charge in [0.25, 0.3) is 5.91 Å². The predicted octanol–water partition coefficient (Wildman–Crippen LogP) is 1.41. The highest BCUT2D eigenvalue weighted by atomic mass is 32.1. The van der Waals surface area contributed by atoms with Crippen molar-refractivity contribution in [1.29, 1.82) is 0 Å². The quantitative estimate of drug-likeness (QED) is 0.711. The van der Waals surface area contributed by atoms with E-state index in [0.29, 0.717) is 24.6 Å². The summed E-state index contributed by atoms with van der Waals surface area (Å²) in [6.07, 6.45) is 0.520. The van der Waals surface area contributed by atoms with Crippen LogP contribution < -0.4 is 16.4 Å². The van der Waals surface area contributed by atoms with E-state index >= 15 is 0 Å². The number of rotatable bonds is 4. The molecule has 7 nitrogen and oxygen atoms in total. The molecule has 0 aromatic carbocycles. The van der Waals surface area contributed by atoms with E-state index in [1.54, 1.807) is 0 Å². The molecular formula is C16H23N3O4S. The van der Waals surface area contributed by atoms with Gasteiger partial charge in [0.1, 0.15) is 5.00 Å². The lowest BCUT2D eigenvalue weighted by Crippen LogP contribution is -2.37. The number of primary amides is 1. The second kappa shape index (κ2) is 6.90. The van der Waals surface area contributed by atoms with E-state index in [4.69, 9.17) is 10.5 Å². The number of ether oxygens (including phenoxy) is 1. The van der Waals surface area contributed by atoms with Crippen LogP contribution in [0.3, 0.4) is 0 Å². The average Bonchev–Trinajstić information content (AvgIpc) is 2.80. The van der Waals surface area contributed by atoms with Crippen LogP contribution in [0.25, 0.3) is 0 Å². The van der Waals surface area contributed by atoms with Crippen LogP contribution in [0.5, 0.6) is 0 Å². The lowest BCUT2D eigenvalue weighted by atomic mass is 9.93. The zero-order chi connectivity index (χ0) is 18.1. The van der Waals surface area contributed by atoms with Crippen LogP contribution in [0.2, 0.25) is 0 Å². The van der Waals surface area contributed by atoms with Crippen LogP contribution in [-0.2, 0) is 27.4 Å². The molecule has 1 aromatic rings. The van der Waals surface area contributed by atoms with Crippen molar-refractivity contribution >= 4 is 34.1 Å². The van der Waals surface area contributed by atoms with Gasteiger partial charge in [0, 0.05) is 17.8 Å². The van der Waals surface area contributed by atoms with Gasteiger partial charge in [0.05, 0.1) is 17.8 Å². The second-order valence-corrected chi connectivity index (χ2v) is 7.96. The molecule has 0 spiro atoms. The summed E-state index contributed by atoms with van der Waals surface area (Å²) >= 11 is 1.22. The van der Waals surface area contributed by atoms with E-state index in [0.717, 1.165) is 10.4 Å². The van der Waals surface area contributed by atoms with E-state index in [1.807, 2.05) is 27.7 Å². The van der Waals surface area contributed by atoms with Crippen LogP contribution in [-0.4, -0.2) is 29.9 Å². The van der Waals surface area contributed by atoms with E-state index in [9.17, 15) is 14.4 Å². The molecule has 1 aromatic heterocycles. The van der Waals surface area contributed by atoms with Gasteiger partial charge in [-0.25, -0.2) is 0 Å². The van der Waals surface area contributed by atoms with Gasteiger partial charge in [-0.15, -0.1) is 11.3 Å². The van der Waals surface area contributed by atoms with Crippen LogP contribution in [0.1, 0.15) is 48.5 Å². The number of hydrogen-bond donors (Lipinski definition) is 3. The summed E-state index contributed by atoms with van der Waals surface area (Å²) in [5.41, 5.74) is 6.16. The molecule has 0 fully saturated rings. The molecule has 8 heteroatoms. The Balaban J connectivity index is 2.22. The van der Waals surface area contributed by atoms with Gasteiger partial charge in [-0.2, -0.15) is 0 Å². The van der Waals surface area contributed by atoms with Crippen molar-refractivity contribution in [2.75, 3.05) is 11.9 Å². The van der Waals surface area contributed by atoms with Gasteiger partial charge in [-0.3, -0.25) is 14.4 Å². The first-order valence-corrected chi connectivity index (χ1v) is 8.60. The molecule has 0 unspecified atom stereocenters. The van der Waals surface area contributed by atoms with E-state index in [-0.39, 0.29) is 11.5 Å². The average molecular weight is 353 g/mol. The molecular weight excluding hydrogens is 330 g/mol. The summed E-state index contributed by atoms with van der Waals surface area (Å²) in [4.78, 5) is 36.6. The molecule has 132 valence electrons. The number of amides is 3. The molecule has 4 N–H and O–H groups in total. The van der Waals surface area contributed by atoms with E-state index < -0.39 is 23.3 Å². The van der Waals surface area contributed by atoms with Crippen molar-refractivity contribution < 1.29 is 19.1 Å². The molecule has 2 rings (SSSR count). The number of thiophene rings is 1. The number of hydrogen-bond acceptors (Lipinski definition) is 5. The van der Waals surface area contributed by atoms with E-state index in [1.165, 1.54) is 11.3 Å². The highest BCUT2D eigenvalue weighted by Gasteiger charge is 2.33. The van der Waals surface area contributed by atoms with Gasteiger partial charge < -0.3 is 21.1 Å². The number of nitrogens with two attached hydrogens (primary N) is 1. The Bertz CT molecular complexity index is 679. The Morgan fingerprint density at radius 2 is 1.96 bits per heavy atom. The SMILES string of the molecule is CC(C)CNC(=O)C(=O)Nc1sc2c(c1C(N)=O)CC(C)(C)OC2. The van der Waals surface area contributed by atoms with Gasteiger partial charge in [0.15, 0.2) is 0 Å². The molecule has 3 amide bonds. The van der Waals surface area contributed by atoms with Crippen molar-refractivity contribution in [3.05, 3.63) is 16.0 Å². The van der Waals surface area contributed by atoms with Gasteiger partial charge >= 0.3 is 11.8 Å².